The van der Waals surface area contributed by atoms with Crippen molar-refractivity contribution < 1.29 is 29.0 Å². The summed E-state index contributed by atoms with van der Waals surface area (Å²) >= 11 is 0. The number of ether oxygens (including phenoxy) is 2. The standard InChI is InChI=1S/C32H43N5O6/c1-6-9-17-42-30(41)26-25-28(39)37(22(19-38)18-21(4)5)27(32(25)15-14-31(26,8-3)43-32)29(40)35(16-7-2)20-36-24-13-11-10-12-23(24)33-34-36/h6-7,10-13,21-22,25-27,38H,1-2,8-9,14-20H2,3-5H3/t22-,25+,26+,27?,31-,32?/m1/s1. The number of carbonyl (C=O) groups is 3. The van der Waals surface area contributed by atoms with Gasteiger partial charge in [0.1, 0.15) is 29.7 Å². The Labute approximate surface area is 252 Å². The Kier molecular flexibility index (Phi) is 8.76. The lowest BCUT2D eigenvalue weighted by atomic mass is 9.65. The molecule has 3 saturated heterocycles. The third-order valence-electron chi connectivity index (χ3n) is 9.41. The van der Waals surface area contributed by atoms with Crippen LogP contribution in [0.3, 0.4) is 0 Å². The molecule has 43 heavy (non-hydrogen) atoms. The number of esters is 1. The summed E-state index contributed by atoms with van der Waals surface area (Å²) in [7, 11) is 0. The van der Waals surface area contributed by atoms with Crippen LogP contribution in [0.5, 0.6) is 0 Å². The smallest absolute Gasteiger partial charge is 0.312 e. The Bertz CT molecular complexity index is 1390. The monoisotopic (exact) mass is 593 g/mol. The normalized spacial score (nSPS) is 28.3. The Morgan fingerprint density at radius 1 is 1.26 bits per heavy atom. The number of amides is 2. The van der Waals surface area contributed by atoms with E-state index in [0.29, 0.717) is 37.6 Å². The maximum atomic E-state index is 14.8. The molecule has 2 amide bonds. The lowest BCUT2D eigenvalue weighted by Crippen LogP contribution is -2.59. The van der Waals surface area contributed by atoms with Gasteiger partial charge in [-0.25, -0.2) is 4.68 Å². The highest BCUT2D eigenvalue weighted by Gasteiger charge is 2.79. The van der Waals surface area contributed by atoms with Gasteiger partial charge in [0, 0.05) is 6.54 Å². The van der Waals surface area contributed by atoms with E-state index in [1.165, 1.54) is 4.90 Å². The Balaban J connectivity index is 1.58. The fourth-order valence-corrected chi connectivity index (χ4v) is 7.57. The third kappa shape index (κ3) is 5.06. The number of nitrogens with zero attached hydrogens (tertiary/aromatic N) is 5. The van der Waals surface area contributed by atoms with Gasteiger partial charge in [-0.2, -0.15) is 0 Å². The number of aliphatic hydroxyl groups excluding tert-OH is 1. The van der Waals surface area contributed by atoms with Crippen LogP contribution in [-0.4, -0.2) is 90.7 Å². The van der Waals surface area contributed by atoms with Gasteiger partial charge in [0.15, 0.2) is 0 Å². The highest BCUT2D eigenvalue weighted by molar-refractivity contribution is 5.98. The van der Waals surface area contributed by atoms with E-state index in [0.717, 1.165) is 5.52 Å². The summed E-state index contributed by atoms with van der Waals surface area (Å²) in [5, 5.41) is 19.1. The molecule has 3 aliphatic rings. The third-order valence-corrected chi connectivity index (χ3v) is 9.41. The van der Waals surface area contributed by atoms with Crippen LogP contribution in [0, 0.1) is 17.8 Å². The molecule has 2 aromatic rings. The fourth-order valence-electron chi connectivity index (χ4n) is 7.57. The number of fused-ring (bicyclic) bond motifs is 2. The highest BCUT2D eigenvalue weighted by Crippen LogP contribution is 2.65. The van der Waals surface area contributed by atoms with Gasteiger partial charge in [0.05, 0.1) is 36.3 Å². The summed E-state index contributed by atoms with van der Waals surface area (Å²) < 4.78 is 14.1. The Morgan fingerprint density at radius 3 is 2.70 bits per heavy atom. The van der Waals surface area contributed by atoms with E-state index in [1.54, 1.807) is 21.7 Å². The summed E-state index contributed by atoms with van der Waals surface area (Å²) in [6.07, 6.45) is 5.73. The van der Waals surface area contributed by atoms with Crippen LogP contribution < -0.4 is 0 Å². The molecular formula is C32H43N5O6. The minimum Gasteiger partial charge on any atom is -0.465 e. The van der Waals surface area contributed by atoms with E-state index >= 15 is 0 Å². The van der Waals surface area contributed by atoms with E-state index in [-0.39, 0.29) is 44.2 Å². The van der Waals surface area contributed by atoms with E-state index < -0.39 is 41.1 Å². The topological polar surface area (TPSA) is 127 Å². The summed E-state index contributed by atoms with van der Waals surface area (Å²) in [6.45, 7) is 13.6. The molecule has 0 aliphatic carbocycles. The first-order chi connectivity index (χ1) is 20.7. The lowest BCUT2D eigenvalue weighted by Gasteiger charge is -2.40. The second kappa shape index (κ2) is 12.2. The summed E-state index contributed by atoms with van der Waals surface area (Å²) in [6, 6.07) is 5.80. The zero-order valence-corrected chi connectivity index (χ0v) is 25.4. The summed E-state index contributed by atoms with van der Waals surface area (Å²) in [4.78, 5) is 46.1. The van der Waals surface area contributed by atoms with Gasteiger partial charge in [-0.1, -0.05) is 50.3 Å². The summed E-state index contributed by atoms with van der Waals surface area (Å²) in [5.74, 6) is -2.78. The second-order valence-electron chi connectivity index (χ2n) is 12.4. The van der Waals surface area contributed by atoms with Crippen LogP contribution in [-0.2, 0) is 30.5 Å². The minimum absolute atomic E-state index is 0.0740. The van der Waals surface area contributed by atoms with Gasteiger partial charge >= 0.3 is 5.97 Å². The summed E-state index contributed by atoms with van der Waals surface area (Å²) in [5.41, 5.74) is -0.685. The molecule has 0 radical (unpaired) electrons. The van der Waals surface area contributed by atoms with Crippen molar-refractivity contribution in [2.75, 3.05) is 19.8 Å². The number of aromatic nitrogens is 3. The predicted molar refractivity (Wildman–Crippen MR) is 159 cm³/mol. The van der Waals surface area contributed by atoms with Crippen molar-refractivity contribution >= 4 is 28.8 Å². The molecule has 1 N–H and O–H groups in total. The molecule has 2 unspecified atom stereocenters. The predicted octanol–water partition coefficient (Wildman–Crippen LogP) is 3.08. The highest BCUT2D eigenvalue weighted by atomic mass is 16.6. The molecule has 3 fully saturated rings. The SMILES string of the molecule is C=CCCOC(=O)[C@@H]1[C@H]2C(=O)N([C@@H](CO)CC(C)C)C(C(=O)N(CC=C)Cn3nnc4ccccc43)C23CC[C@@]1(CC)O3. The molecule has 232 valence electrons. The first-order valence-corrected chi connectivity index (χ1v) is 15.3. The van der Waals surface area contributed by atoms with Gasteiger partial charge in [0.25, 0.3) is 0 Å². The first-order valence-electron chi connectivity index (χ1n) is 15.3. The van der Waals surface area contributed by atoms with E-state index in [9.17, 15) is 19.5 Å². The van der Waals surface area contributed by atoms with E-state index in [2.05, 4.69) is 23.5 Å². The van der Waals surface area contributed by atoms with Gasteiger partial charge in [0.2, 0.25) is 11.8 Å². The molecule has 6 atom stereocenters. The fraction of sp³-hybridized carbons (Fsp3) is 0.594. The Hall–Kier alpha value is -3.57. The van der Waals surface area contributed by atoms with Crippen molar-refractivity contribution in [3.63, 3.8) is 0 Å². The number of hydrogen-bond acceptors (Lipinski definition) is 8. The first kappa shape index (κ1) is 30.9. The molecule has 1 aromatic carbocycles. The van der Waals surface area contributed by atoms with Crippen LogP contribution in [0.25, 0.3) is 11.0 Å². The zero-order chi connectivity index (χ0) is 30.9. The van der Waals surface area contributed by atoms with Crippen LogP contribution in [0.2, 0.25) is 0 Å². The average Bonchev–Trinajstić information content (AvgIpc) is 3.72. The van der Waals surface area contributed by atoms with Crippen molar-refractivity contribution in [1.82, 2.24) is 24.8 Å². The molecule has 2 bridgehead atoms. The van der Waals surface area contributed by atoms with Gasteiger partial charge in [-0.05, 0) is 50.2 Å². The van der Waals surface area contributed by atoms with Crippen molar-refractivity contribution in [3.8, 4) is 0 Å². The van der Waals surface area contributed by atoms with Crippen molar-refractivity contribution in [3.05, 3.63) is 49.6 Å². The number of hydrogen-bond donors (Lipinski definition) is 1. The van der Waals surface area contributed by atoms with Crippen molar-refractivity contribution in [2.24, 2.45) is 17.8 Å². The zero-order valence-electron chi connectivity index (χ0n) is 25.4. The van der Waals surface area contributed by atoms with E-state index in [1.807, 2.05) is 45.0 Å². The Morgan fingerprint density at radius 2 is 2.02 bits per heavy atom. The van der Waals surface area contributed by atoms with Crippen LogP contribution >= 0.6 is 0 Å². The van der Waals surface area contributed by atoms with Crippen LogP contribution in [0.1, 0.15) is 52.9 Å². The van der Waals surface area contributed by atoms with Crippen molar-refractivity contribution in [2.45, 2.75) is 82.8 Å². The molecule has 3 aliphatic heterocycles. The second-order valence-corrected chi connectivity index (χ2v) is 12.4. The molecule has 5 rings (SSSR count). The van der Waals surface area contributed by atoms with Gasteiger partial charge in [-0.15, -0.1) is 18.3 Å². The lowest BCUT2D eigenvalue weighted by molar-refractivity contribution is -0.164. The maximum absolute atomic E-state index is 14.8. The van der Waals surface area contributed by atoms with Gasteiger partial charge in [-0.3, -0.25) is 14.4 Å². The number of carbonyl (C=O) groups excluding carboxylic acids is 3. The molecular weight excluding hydrogens is 550 g/mol. The maximum Gasteiger partial charge on any atom is 0.312 e. The van der Waals surface area contributed by atoms with Crippen molar-refractivity contribution in [1.29, 1.82) is 0 Å². The largest absolute Gasteiger partial charge is 0.465 e. The number of rotatable bonds is 14. The quantitative estimate of drug-likeness (QED) is 0.201. The van der Waals surface area contributed by atoms with Crippen LogP contribution in [0.15, 0.2) is 49.6 Å². The number of benzene rings is 1. The van der Waals surface area contributed by atoms with Crippen LogP contribution in [0.4, 0.5) is 0 Å². The molecule has 1 spiro atoms. The van der Waals surface area contributed by atoms with Gasteiger partial charge < -0.3 is 24.4 Å². The number of para-hydroxylation sites is 1. The van der Waals surface area contributed by atoms with E-state index in [4.69, 9.17) is 9.47 Å². The molecule has 1 aromatic heterocycles. The molecule has 11 heteroatoms. The molecule has 0 saturated carbocycles. The molecule has 4 heterocycles. The number of aliphatic hydroxyl groups is 1. The minimum atomic E-state index is -1.24. The average molecular weight is 594 g/mol. The number of likely N-dealkylation sites (tertiary alicyclic amines) is 1. The molecule has 11 nitrogen and oxygen atoms in total.